The molecule has 0 N–H and O–H groups in total. The molecule has 17 heavy (non-hydrogen) atoms. The smallest absolute Gasteiger partial charge is 0.242 e. The zero-order valence-electron chi connectivity index (χ0n) is 9.88. The Kier molecular flexibility index (Phi) is 3.29. The molecule has 0 saturated carbocycles. The SMILES string of the molecule is [B]c1ccc(S(=O)(=O)N(C)C[C@H]2CO2)cc1C. The van der Waals surface area contributed by atoms with Crippen molar-refractivity contribution in [3.63, 3.8) is 0 Å². The van der Waals surface area contributed by atoms with Gasteiger partial charge in [0.2, 0.25) is 10.0 Å². The number of likely N-dealkylation sites (N-methyl/N-ethyl adjacent to an activating group) is 1. The van der Waals surface area contributed by atoms with E-state index >= 15 is 0 Å². The van der Waals surface area contributed by atoms with Gasteiger partial charge in [-0.3, -0.25) is 0 Å². The van der Waals surface area contributed by atoms with Crippen LogP contribution in [-0.2, 0) is 14.8 Å². The van der Waals surface area contributed by atoms with E-state index in [9.17, 15) is 8.42 Å². The summed E-state index contributed by atoms with van der Waals surface area (Å²) in [6, 6.07) is 4.74. The summed E-state index contributed by atoms with van der Waals surface area (Å²) >= 11 is 0. The second-order valence-corrected chi connectivity index (χ2v) is 6.30. The summed E-state index contributed by atoms with van der Waals surface area (Å²) in [7, 11) is 3.79. The highest BCUT2D eigenvalue weighted by Crippen LogP contribution is 2.18. The summed E-state index contributed by atoms with van der Waals surface area (Å²) in [5, 5.41) is 0. The van der Waals surface area contributed by atoms with Crippen LogP contribution in [0.1, 0.15) is 5.56 Å². The van der Waals surface area contributed by atoms with E-state index in [0.717, 1.165) is 5.56 Å². The maximum absolute atomic E-state index is 12.2. The first-order valence-electron chi connectivity index (χ1n) is 5.35. The molecule has 0 aromatic heterocycles. The Balaban J connectivity index is 2.26. The second-order valence-electron chi connectivity index (χ2n) is 4.26. The van der Waals surface area contributed by atoms with Crippen LogP contribution >= 0.6 is 0 Å². The molecule has 1 aromatic carbocycles. The van der Waals surface area contributed by atoms with Crippen molar-refractivity contribution >= 4 is 23.3 Å². The molecule has 1 fully saturated rings. The van der Waals surface area contributed by atoms with Crippen LogP contribution in [0.5, 0.6) is 0 Å². The Morgan fingerprint density at radius 2 is 2.18 bits per heavy atom. The molecule has 0 bridgehead atoms. The molecule has 0 spiro atoms. The molecule has 2 rings (SSSR count). The highest BCUT2D eigenvalue weighted by molar-refractivity contribution is 7.89. The van der Waals surface area contributed by atoms with Crippen molar-refractivity contribution in [2.45, 2.75) is 17.9 Å². The fourth-order valence-corrected chi connectivity index (χ4v) is 2.84. The van der Waals surface area contributed by atoms with Gasteiger partial charge in [-0.1, -0.05) is 17.1 Å². The number of rotatable bonds is 4. The topological polar surface area (TPSA) is 49.9 Å². The third kappa shape index (κ3) is 2.70. The average Bonchev–Trinajstić information content (AvgIpc) is 3.05. The van der Waals surface area contributed by atoms with Gasteiger partial charge in [0, 0.05) is 13.6 Å². The number of hydrogen-bond donors (Lipinski definition) is 0. The zero-order valence-corrected chi connectivity index (χ0v) is 10.7. The Bertz CT molecular complexity index is 526. The molecule has 0 unspecified atom stereocenters. The number of hydrogen-bond acceptors (Lipinski definition) is 3. The molecule has 0 aliphatic carbocycles. The average molecular weight is 251 g/mol. The quantitative estimate of drug-likeness (QED) is 0.550. The predicted octanol–water partition coefficient (Wildman–Crippen LogP) is -0.192. The lowest BCUT2D eigenvalue weighted by molar-refractivity contribution is 0.359. The highest BCUT2D eigenvalue weighted by Gasteiger charge is 2.30. The normalized spacial score (nSPS) is 19.6. The lowest BCUT2D eigenvalue weighted by Gasteiger charge is -2.16. The van der Waals surface area contributed by atoms with Crippen LogP contribution in [-0.4, -0.2) is 46.9 Å². The van der Waals surface area contributed by atoms with Gasteiger partial charge < -0.3 is 4.74 Å². The fraction of sp³-hybridized carbons (Fsp3) is 0.455. The van der Waals surface area contributed by atoms with Crippen LogP contribution in [0.2, 0.25) is 0 Å². The fourth-order valence-electron chi connectivity index (χ4n) is 1.55. The maximum Gasteiger partial charge on any atom is 0.242 e. The number of aryl methyl sites for hydroxylation is 1. The summed E-state index contributed by atoms with van der Waals surface area (Å²) < 4.78 is 30.7. The van der Waals surface area contributed by atoms with Gasteiger partial charge >= 0.3 is 0 Å². The molecule has 1 heterocycles. The Morgan fingerprint density at radius 3 is 2.71 bits per heavy atom. The van der Waals surface area contributed by atoms with Gasteiger partial charge in [0.25, 0.3) is 0 Å². The molecule has 0 amide bonds. The minimum absolute atomic E-state index is 0.0460. The van der Waals surface area contributed by atoms with Gasteiger partial charge in [-0.05, 0) is 19.1 Å². The minimum Gasteiger partial charge on any atom is -0.372 e. The molecule has 4 nitrogen and oxygen atoms in total. The second kappa shape index (κ2) is 4.44. The molecule has 6 heteroatoms. The number of ether oxygens (including phenoxy) is 1. The van der Waals surface area contributed by atoms with E-state index in [1.165, 1.54) is 10.4 Å². The summed E-state index contributed by atoms with van der Waals surface area (Å²) in [6.45, 7) is 2.82. The van der Waals surface area contributed by atoms with Gasteiger partial charge in [0.1, 0.15) is 7.85 Å². The van der Waals surface area contributed by atoms with E-state index in [4.69, 9.17) is 12.6 Å². The molecular weight excluding hydrogens is 237 g/mol. The lowest BCUT2D eigenvalue weighted by Crippen LogP contribution is -2.30. The Labute approximate surface area is 103 Å². The highest BCUT2D eigenvalue weighted by atomic mass is 32.2. The zero-order chi connectivity index (χ0) is 12.6. The summed E-state index contributed by atoms with van der Waals surface area (Å²) in [6.07, 6.45) is 0.0460. The van der Waals surface area contributed by atoms with Gasteiger partial charge in [0.15, 0.2) is 0 Å². The molecule has 2 radical (unpaired) electrons. The van der Waals surface area contributed by atoms with Crippen LogP contribution in [0.25, 0.3) is 0 Å². The first kappa shape index (κ1) is 12.6. The van der Waals surface area contributed by atoms with Crippen molar-refractivity contribution < 1.29 is 13.2 Å². The maximum atomic E-state index is 12.2. The summed E-state index contributed by atoms with van der Waals surface area (Å²) in [4.78, 5) is 0.271. The minimum atomic E-state index is -3.44. The molecule has 1 aliphatic heterocycles. The molecule has 1 aliphatic rings. The van der Waals surface area contributed by atoms with Crippen molar-refractivity contribution in [3.05, 3.63) is 23.8 Å². The van der Waals surface area contributed by atoms with Crippen molar-refractivity contribution in [3.8, 4) is 0 Å². The van der Waals surface area contributed by atoms with Crippen molar-refractivity contribution in [1.29, 1.82) is 0 Å². The van der Waals surface area contributed by atoms with E-state index in [0.29, 0.717) is 18.6 Å². The number of sulfonamides is 1. The first-order valence-corrected chi connectivity index (χ1v) is 6.79. The Hall–Kier alpha value is -0.845. The molecular formula is C11H14BNO3S. The number of epoxide rings is 1. The van der Waals surface area contributed by atoms with Crippen molar-refractivity contribution in [2.24, 2.45) is 0 Å². The third-order valence-corrected chi connectivity index (χ3v) is 4.63. The van der Waals surface area contributed by atoms with E-state index in [-0.39, 0.29) is 11.0 Å². The summed E-state index contributed by atoms with van der Waals surface area (Å²) in [5.74, 6) is 0. The number of nitrogens with zero attached hydrogens (tertiary/aromatic N) is 1. The standard InChI is InChI=1S/C11H14BNO3S/c1-8-5-10(3-4-11(8)12)17(14,15)13(2)6-9-7-16-9/h3-5,9H,6-7H2,1-2H3/t9-/m0/s1. The molecule has 1 aromatic rings. The van der Waals surface area contributed by atoms with Gasteiger partial charge in [-0.2, -0.15) is 4.31 Å². The number of benzene rings is 1. The van der Waals surface area contributed by atoms with Gasteiger partial charge in [-0.15, -0.1) is 0 Å². The monoisotopic (exact) mass is 251 g/mol. The van der Waals surface area contributed by atoms with Crippen molar-refractivity contribution in [1.82, 2.24) is 4.31 Å². The van der Waals surface area contributed by atoms with Crippen LogP contribution < -0.4 is 5.46 Å². The third-order valence-electron chi connectivity index (χ3n) is 2.81. The largest absolute Gasteiger partial charge is 0.372 e. The van der Waals surface area contributed by atoms with Crippen molar-refractivity contribution in [2.75, 3.05) is 20.2 Å². The van der Waals surface area contributed by atoms with E-state index in [2.05, 4.69) is 0 Å². The Morgan fingerprint density at radius 1 is 1.53 bits per heavy atom. The van der Waals surface area contributed by atoms with Crippen LogP contribution in [0.3, 0.4) is 0 Å². The lowest BCUT2D eigenvalue weighted by atomic mass is 9.92. The van der Waals surface area contributed by atoms with Crippen LogP contribution in [0.15, 0.2) is 23.1 Å². The van der Waals surface area contributed by atoms with Gasteiger partial charge in [0.05, 0.1) is 17.6 Å². The van der Waals surface area contributed by atoms with Crippen LogP contribution in [0, 0.1) is 6.92 Å². The first-order chi connectivity index (χ1) is 7.91. The molecule has 90 valence electrons. The van der Waals surface area contributed by atoms with Crippen LogP contribution in [0.4, 0.5) is 0 Å². The summed E-state index contributed by atoms with van der Waals surface area (Å²) in [5.41, 5.74) is 1.36. The molecule has 1 saturated heterocycles. The predicted molar refractivity (Wildman–Crippen MR) is 66.1 cm³/mol. The van der Waals surface area contributed by atoms with E-state index in [1.54, 1.807) is 26.1 Å². The van der Waals surface area contributed by atoms with Gasteiger partial charge in [-0.25, -0.2) is 8.42 Å². The van der Waals surface area contributed by atoms with E-state index in [1.807, 2.05) is 0 Å². The molecule has 1 atom stereocenters. The van der Waals surface area contributed by atoms with E-state index < -0.39 is 10.0 Å².